The zero-order valence-corrected chi connectivity index (χ0v) is 11.2. The summed E-state index contributed by atoms with van der Waals surface area (Å²) >= 11 is 0. The maximum atomic E-state index is 12.0. The summed E-state index contributed by atoms with van der Waals surface area (Å²) in [5.41, 5.74) is 7.60. The molecule has 0 aliphatic carbocycles. The van der Waals surface area contributed by atoms with Crippen molar-refractivity contribution in [2.45, 2.75) is 26.8 Å². The summed E-state index contributed by atoms with van der Waals surface area (Å²) in [7, 11) is 0. The van der Waals surface area contributed by atoms with Gasteiger partial charge in [0.1, 0.15) is 0 Å². The molecule has 1 rings (SSSR count). The van der Waals surface area contributed by atoms with Gasteiger partial charge in [-0.15, -0.1) is 0 Å². The molecule has 4 nitrogen and oxygen atoms in total. The van der Waals surface area contributed by atoms with Crippen molar-refractivity contribution in [2.75, 3.05) is 25.5 Å². The molecule has 0 radical (unpaired) electrons. The largest absolute Gasteiger partial charge is 0.398 e. The minimum absolute atomic E-state index is 0.106. The Morgan fingerprint density at radius 3 is 2.67 bits per heavy atom. The summed E-state index contributed by atoms with van der Waals surface area (Å²) in [5.74, 6) is 0.106. The van der Waals surface area contributed by atoms with Gasteiger partial charge in [-0.1, -0.05) is 18.2 Å². The average Bonchev–Trinajstić information content (AvgIpc) is 2.38. The topological polar surface area (TPSA) is 55.6 Å². The van der Waals surface area contributed by atoms with E-state index in [9.17, 15) is 4.79 Å². The van der Waals surface area contributed by atoms with Gasteiger partial charge in [0.05, 0.1) is 13.0 Å². The van der Waals surface area contributed by atoms with E-state index in [-0.39, 0.29) is 5.91 Å². The third kappa shape index (κ3) is 4.37. The number of ether oxygens (including phenoxy) is 1. The summed E-state index contributed by atoms with van der Waals surface area (Å²) in [6, 6.07) is 7.64. The second kappa shape index (κ2) is 7.71. The first kappa shape index (κ1) is 14.5. The van der Waals surface area contributed by atoms with Crippen molar-refractivity contribution in [3.05, 3.63) is 29.8 Å². The van der Waals surface area contributed by atoms with Crippen LogP contribution < -0.4 is 5.73 Å². The lowest BCUT2D eigenvalue weighted by Crippen LogP contribution is -2.31. The molecule has 0 bridgehead atoms. The number of carbonyl (C=O) groups is 1. The fourth-order valence-electron chi connectivity index (χ4n) is 1.72. The molecule has 1 aromatic carbocycles. The smallest absolute Gasteiger partial charge is 0.225 e. The van der Waals surface area contributed by atoms with Crippen LogP contribution in [0.25, 0.3) is 0 Å². The van der Waals surface area contributed by atoms with E-state index in [1.807, 2.05) is 38.1 Å². The number of hydrogen-bond acceptors (Lipinski definition) is 3. The number of nitrogens with zero attached hydrogens (tertiary/aromatic N) is 1. The van der Waals surface area contributed by atoms with Crippen molar-refractivity contribution in [2.24, 2.45) is 0 Å². The molecule has 0 aromatic heterocycles. The first-order chi connectivity index (χ1) is 8.69. The van der Waals surface area contributed by atoms with Gasteiger partial charge in [-0.2, -0.15) is 0 Å². The molecule has 0 fully saturated rings. The fraction of sp³-hybridized carbons (Fsp3) is 0.500. The molecule has 0 spiro atoms. The lowest BCUT2D eigenvalue weighted by molar-refractivity contribution is -0.132. The molecule has 1 amide bonds. The van der Waals surface area contributed by atoms with Crippen molar-refractivity contribution < 1.29 is 9.53 Å². The van der Waals surface area contributed by atoms with E-state index in [1.165, 1.54) is 0 Å². The van der Waals surface area contributed by atoms with Gasteiger partial charge >= 0.3 is 0 Å². The highest BCUT2D eigenvalue weighted by Crippen LogP contribution is 2.13. The van der Waals surface area contributed by atoms with Crippen LogP contribution >= 0.6 is 0 Å². The van der Waals surface area contributed by atoms with Crippen LogP contribution in [0.5, 0.6) is 0 Å². The van der Waals surface area contributed by atoms with Gasteiger partial charge < -0.3 is 15.4 Å². The molecule has 100 valence electrons. The van der Waals surface area contributed by atoms with Crippen molar-refractivity contribution in [1.82, 2.24) is 4.90 Å². The van der Waals surface area contributed by atoms with Crippen molar-refractivity contribution in [1.29, 1.82) is 0 Å². The molecule has 0 unspecified atom stereocenters. The quantitative estimate of drug-likeness (QED) is 0.595. The van der Waals surface area contributed by atoms with E-state index < -0.39 is 0 Å². The first-order valence-corrected chi connectivity index (χ1v) is 6.37. The highest BCUT2D eigenvalue weighted by atomic mass is 16.5. The summed E-state index contributed by atoms with van der Waals surface area (Å²) in [5, 5.41) is 0. The Hall–Kier alpha value is -1.55. The van der Waals surface area contributed by atoms with Crippen LogP contribution in [0.3, 0.4) is 0 Å². The molecule has 0 saturated carbocycles. The molecular weight excluding hydrogens is 228 g/mol. The SMILES string of the molecule is CCOCCC(=O)N(CC)Cc1ccccc1N. The van der Waals surface area contributed by atoms with Gasteiger partial charge in [-0.25, -0.2) is 0 Å². The Balaban J connectivity index is 2.56. The Morgan fingerprint density at radius 2 is 2.06 bits per heavy atom. The zero-order valence-electron chi connectivity index (χ0n) is 11.2. The fourth-order valence-corrected chi connectivity index (χ4v) is 1.72. The van der Waals surface area contributed by atoms with Gasteiger partial charge in [0.15, 0.2) is 0 Å². The Bertz CT molecular complexity index is 380. The summed E-state index contributed by atoms with van der Waals surface area (Å²) in [6.45, 7) is 6.26. The second-order valence-electron chi connectivity index (χ2n) is 4.05. The van der Waals surface area contributed by atoms with E-state index in [4.69, 9.17) is 10.5 Å². The van der Waals surface area contributed by atoms with Crippen molar-refractivity contribution in [3.8, 4) is 0 Å². The lowest BCUT2D eigenvalue weighted by atomic mass is 10.1. The second-order valence-corrected chi connectivity index (χ2v) is 4.05. The van der Waals surface area contributed by atoms with Crippen LogP contribution in [0.15, 0.2) is 24.3 Å². The molecule has 0 saturated heterocycles. The van der Waals surface area contributed by atoms with Crippen molar-refractivity contribution in [3.63, 3.8) is 0 Å². The standard InChI is InChI=1S/C14H22N2O2/c1-3-16(14(17)9-10-18-4-2)11-12-7-5-6-8-13(12)15/h5-8H,3-4,9-11,15H2,1-2H3. The van der Waals surface area contributed by atoms with Crippen LogP contribution in [-0.2, 0) is 16.1 Å². The number of amides is 1. The Morgan fingerprint density at radius 1 is 1.33 bits per heavy atom. The maximum absolute atomic E-state index is 12.0. The van der Waals surface area contributed by atoms with E-state index >= 15 is 0 Å². The molecule has 2 N–H and O–H groups in total. The number of hydrogen-bond donors (Lipinski definition) is 1. The average molecular weight is 250 g/mol. The van der Waals surface area contributed by atoms with Gasteiger partial charge in [0.2, 0.25) is 5.91 Å². The number of nitrogens with two attached hydrogens (primary N) is 1. The molecule has 0 atom stereocenters. The van der Waals surface area contributed by atoms with Gasteiger partial charge in [-0.3, -0.25) is 4.79 Å². The first-order valence-electron chi connectivity index (χ1n) is 6.37. The van der Waals surface area contributed by atoms with Gasteiger partial charge in [0.25, 0.3) is 0 Å². The summed E-state index contributed by atoms with van der Waals surface area (Å²) < 4.78 is 5.20. The number of rotatable bonds is 7. The predicted octanol–water partition coefficient (Wildman–Crippen LogP) is 2.04. The molecular formula is C14H22N2O2. The number of anilines is 1. The third-order valence-electron chi connectivity index (χ3n) is 2.82. The van der Waals surface area contributed by atoms with E-state index in [0.29, 0.717) is 32.7 Å². The predicted molar refractivity (Wildman–Crippen MR) is 73.1 cm³/mol. The van der Waals surface area contributed by atoms with Crippen LogP contribution in [0.1, 0.15) is 25.8 Å². The Kier molecular flexibility index (Phi) is 6.22. The molecule has 0 heterocycles. The summed E-state index contributed by atoms with van der Waals surface area (Å²) in [4.78, 5) is 13.8. The minimum Gasteiger partial charge on any atom is -0.398 e. The zero-order chi connectivity index (χ0) is 13.4. The third-order valence-corrected chi connectivity index (χ3v) is 2.82. The van der Waals surface area contributed by atoms with Crippen LogP contribution in [0, 0.1) is 0 Å². The van der Waals surface area contributed by atoms with Gasteiger partial charge in [0, 0.05) is 25.4 Å². The van der Waals surface area contributed by atoms with Crippen molar-refractivity contribution >= 4 is 11.6 Å². The maximum Gasteiger partial charge on any atom is 0.225 e. The molecule has 4 heteroatoms. The normalized spacial score (nSPS) is 10.3. The molecule has 1 aromatic rings. The molecule has 0 aliphatic heterocycles. The van der Waals surface area contributed by atoms with Crippen LogP contribution in [0.4, 0.5) is 5.69 Å². The lowest BCUT2D eigenvalue weighted by Gasteiger charge is -2.21. The monoisotopic (exact) mass is 250 g/mol. The van der Waals surface area contributed by atoms with E-state index in [2.05, 4.69) is 0 Å². The molecule has 18 heavy (non-hydrogen) atoms. The highest BCUT2D eigenvalue weighted by Gasteiger charge is 2.12. The minimum atomic E-state index is 0.106. The highest BCUT2D eigenvalue weighted by molar-refractivity contribution is 5.76. The number of benzene rings is 1. The Labute approximate surface area is 109 Å². The number of nitrogen functional groups attached to an aromatic ring is 1. The number of para-hydroxylation sites is 1. The molecule has 0 aliphatic rings. The number of carbonyl (C=O) groups excluding carboxylic acids is 1. The summed E-state index contributed by atoms with van der Waals surface area (Å²) in [6.07, 6.45) is 0.425. The van der Waals surface area contributed by atoms with Crippen LogP contribution in [-0.4, -0.2) is 30.6 Å². The van der Waals surface area contributed by atoms with E-state index in [0.717, 1.165) is 11.3 Å². The van der Waals surface area contributed by atoms with Crippen LogP contribution in [0.2, 0.25) is 0 Å². The van der Waals surface area contributed by atoms with E-state index in [1.54, 1.807) is 4.90 Å². The van der Waals surface area contributed by atoms with Gasteiger partial charge in [-0.05, 0) is 25.5 Å².